The average Bonchev–Trinajstić information content (AvgIpc) is 2.83. The van der Waals surface area contributed by atoms with Crippen molar-refractivity contribution in [3.8, 4) is 0 Å². The number of nitrogens with zero attached hydrogens (tertiary/aromatic N) is 3. The predicted molar refractivity (Wildman–Crippen MR) is 67.8 cm³/mol. The molecule has 1 saturated heterocycles. The van der Waals surface area contributed by atoms with Gasteiger partial charge in [0, 0.05) is 24.3 Å². The van der Waals surface area contributed by atoms with Crippen LogP contribution >= 0.6 is 0 Å². The Bertz CT molecular complexity index is 466. The van der Waals surface area contributed by atoms with Gasteiger partial charge in [-0.3, -0.25) is 5.21 Å². The van der Waals surface area contributed by atoms with Crippen LogP contribution in [0.2, 0.25) is 0 Å². The number of nitrogen functional groups attached to an aromatic ring is 1. The molecule has 2 aliphatic heterocycles. The third-order valence-electron chi connectivity index (χ3n) is 3.38. The highest BCUT2D eigenvalue weighted by molar-refractivity contribution is 5.81. The van der Waals surface area contributed by atoms with Crippen LogP contribution in [-0.2, 0) is 6.54 Å². The molecule has 5 heteroatoms. The maximum atomic E-state index is 9.54. The number of benzene rings is 1. The van der Waals surface area contributed by atoms with Gasteiger partial charge in [-0.1, -0.05) is 0 Å². The van der Waals surface area contributed by atoms with E-state index in [2.05, 4.69) is 9.89 Å². The lowest BCUT2D eigenvalue weighted by molar-refractivity contribution is -0.0177. The molecule has 90 valence electrons. The molecule has 5 nitrogen and oxygen atoms in total. The van der Waals surface area contributed by atoms with Gasteiger partial charge < -0.3 is 10.6 Å². The summed E-state index contributed by atoms with van der Waals surface area (Å²) in [5.74, 6) is 0. The summed E-state index contributed by atoms with van der Waals surface area (Å²) in [5.41, 5.74) is 9.58. The van der Waals surface area contributed by atoms with Gasteiger partial charge in [-0.2, -0.15) is 0 Å². The molecule has 0 radical (unpaired) electrons. The van der Waals surface area contributed by atoms with Crippen LogP contribution in [0.4, 0.5) is 17.1 Å². The van der Waals surface area contributed by atoms with E-state index in [4.69, 9.17) is 5.73 Å². The van der Waals surface area contributed by atoms with Crippen LogP contribution in [0, 0.1) is 0 Å². The summed E-state index contributed by atoms with van der Waals surface area (Å²) in [6.07, 6.45) is 3.86. The topological polar surface area (TPSA) is 65.1 Å². The van der Waals surface area contributed by atoms with Crippen LogP contribution in [0.3, 0.4) is 0 Å². The molecule has 0 bridgehead atoms. The summed E-state index contributed by atoms with van der Waals surface area (Å²) in [6, 6.07) is 3.94. The molecule has 1 aromatic carbocycles. The van der Waals surface area contributed by atoms with Crippen molar-refractivity contribution in [1.29, 1.82) is 0 Å². The van der Waals surface area contributed by atoms with E-state index in [1.807, 2.05) is 12.1 Å². The number of hydroxylamine groups is 2. The second kappa shape index (κ2) is 3.92. The Morgan fingerprint density at radius 1 is 1.24 bits per heavy atom. The quantitative estimate of drug-likeness (QED) is 0.724. The minimum Gasteiger partial charge on any atom is -0.397 e. The van der Waals surface area contributed by atoms with Gasteiger partial charge in [0.15, 0.2) is 0 Å². The summed E-state index contributed by atoms with van der Waals surface area (Å²) in [6.45, 7) is 2.60. The van der Waals surface area contributed by atoms with Crippen LogP contribution in [0.25, 0.3) is 0 Å². The molecular weight excluding hydrogens is 216 g/mol. The normalized spacial score (nSPS) is 18.6. The van der Waals surface area contributed by atoms with Gasteiger partial charge in [0.1, 0.15) is 6.34 Å². The first-order chi connectivity index (χ1) is 8.25. The highest BCUT2D eigenvalue weighted by atomic mass is 16.5. The van der Waals surface area contributed by atoms with Crippen molar-refractivity contribution < 1.29 is 5.21 Å². The molecule has 0 saturated carbocycles. The van der Waals surface area contributed by atoms with E-state index >= 15 is 0 Å². The maximum Gasteiger partial charge on any atom is 0.116 e. The molecule has 17 heavy (non-hydrogen) atoms. The fraction of sp³-hybridized carbons (Fsp3) is 0.417. The summed E-state index contributed by atoms with van der Waals surface area (Å²) in [7, 11) is 0. The predicted octanol–water partition coefficient (Wildman–Crippen LogP) is 1.73. The van der Waals surface area contributed by atoms with Crippen molar-refractivity contribution >= 4 is 23.4 Å². The summed E-state index contributed by atoms with van der Waals surface area (Å²) in [5, 5.41) is 10.6. The first-order valence-corrected chi connectivity index (χ1v) is 5.92. The van der Waals surface area contributed by atoms with Crippen molar-refractivity contribution in [2.24, 2.45) is 4.99 Å². The lowest BCUT2D eigenvalue weighted by atomic mass is 10.1. The Hall–Kier alpha value is -1.75. The van der Waals surface area contributed by atoms with Crippen LogP contribution in [-0.4, -0.2) is 29.7 Å². The summed E-state index contributed by atoms with van der Waals surface area (Å²) in [4.78, 5) is 6.55. The molecule has 2 aliphatic rings. The van der Waals surface area contributed by atoms with Gasteiger partial charge in [-0.15, -0.1) is 0 Å². The second-order valence-corrected chi connectivity index (χ2v) is 4.54. The molecule has 0 aromatic heterocycles. The van der Waals surface area contributed by atoms with E-state index in [1.54, 1.807) is 0 Å². The van der Waals surface area contributed by atoms with Gasteiger partial charge in [0.25, 0.3) is 0 Å². The number of aliphatic imine (C=N–C) groups is 1. The minimum atomic E-state index is 0.454. The smallest absolute Gasteiger partial charge is 0.116 e. The zero-order chi connectivity index (χ0) is 11.8. The summed E-state index contributed by atoms with van der Waals surface area (Å²) >= 11 is 0. The molecule has 1 fully saturated rings. The number of fused-ring (bicyclic) bond motifs is 1. The molecular formula is C12H16N4O. The molecule has 0 atom stereocenters. The molecule has 2 heterocycles. The highest BCUT2D eigenvalue weighted by Gasteiger charge is 2.22. The van der Waals surface area contributed by atoms with E-state index in [-0.39, 0.29) is 0 Å². The first kappa shape index (κ1) is 10.4. The van der Waals surface area contributed by atoms with Crippen molar-refractivity contribution in [2.45, 2.75) is 19.4 Å². The molecule has 3 N–H and O–H groups in total. The van der Waals surface area contributed by atoms with E-state index in [0.29, 0.717) is 12.2 Å². The van der Waals surface area contributed by atoms with Crippen molar-refractivity contribution in [3.63, 3.8) is 0 Å². The standard InChI is InChI=1S/C12H16N4O/c13-10-3-4-11(15-5-1-2-6-15)9-7-16(17)8-14-12(9)10/h3-4,8,17H,1-2,5-7,13H2. The van der Waals surface area contributed by atoms with Gasteiger partial charge in [0.05, 0.1) is 17.9 Å². The SMILES string of the molecule is Nc1ccc(N2CCCC2)c2c1N=CN(O)C2. The van der Waals surface area contributed by atoms with Gasteiger partial charge in [-0.25, -0.2) is 10.1 Å². The molecule has 0 amide bonds. The van der Waals surface area contributed by atoms with Crippen molar-refractivity contribution in [3.05, 3.63) is 17.7 Å². The molecule has 0 spiro atoms. The van der Waals surface area contributed by atoms with Crippen LogP contribution in [0.5, 0.6) is 0 Å². The van der Waals surface area contributed by atoms with E-state index in [1.165, 1.54) is 19.2 Å². The Labute approximate surface area is 100 Å². The number of nitrogens with two attached hydrogens (primary N) is 1. The average molecular weight is 232 g/mol. The van der Waals surface area contributed by atoms with E-state index in [0.717, 1.165) is 35.1 Å². The van der Waals surface area contributed by atoms with Gasteiger partial charge >= 0.3 is 0 Å². The minimum absolute atomic E-state index is 0.454. The molecule has 3 rings (SSSR count). The van der Waals surface area contributed by atoms with Gasteiger partial charge in [0.2, 0.25) is 0 Å². The third kappa shape index (κ3) is 1.72. The Kier molecular flexibility index (Phi) is 2.40. The first-order valence-electron chi connectivity index (χ1n) is 5.92. The highest BCUT2D eigenvalue weighted by Crippen LogP contribution is 2.38. The fourth-order valence-corrected chi connectivity index (χ4v) is 2.53. The van der Waals surface area contributed by atoms with Crippen LogP contribution in [0.15, 0.2) is 17.1 Å². The van der Waals surface area contributed by atoms with Gasteiger partial charge in [-0.05, 0) is 25.0 Å². The number of anilines is 2. The lowest BCUT2D eigenvalue weighted by Crippen LogP contribution is -2.25. The monoisotopic (exact) mass is 232 g/mol. The number of rotatable bonds is 1. The number of hydrogen-bond acceptors (Lipinski definition) is 5. The largest absolute Gasteiger partial charge is 0.397 e. The third-order valence-corrected chi connectivity index (χ3v) is 3.38. The Morgan fingerprint density at radius 3 is 2.76 bits per heavy atom. The Morgan fingerprint density at radius 2 is 2.00 bits per heavy atom. The zero-order valence-corrected chi connectivity index (χ0v) is 9.63. The second-order valence-electron chi connectivity index (χ2n) is 4.54. The van der Waals surface area contributed by atoms with Crippen LogP contribution in [0.1, 0.15) is 18.4 Å². The van der Waals surface area contributed by atoms with Crippen molar-refractivity contribution in [2.75, 3.05) is 23.7 Å². The zero-order valence-electron chi connectivity index (χ0n) is 9.63. The molecule has 0 unspecified atom stereocenters. The lowest BCUT2D eigenvalue weighted by Gasteiger charge is -2.27. The maximum absolute atomic E-state index is 9.54. The Balaban J connectivity index is 2.08. The van der Waals surface area contributed by atoms with E-state index < -0.39 is 0 Å². The number of hydrogen-bond donors (Lipinski definition) is 2. The van der Waals surface area contributed by atoms with Crippen molar-refractivity contribution in [1.82, 2.24) is 5.06 Å². The molecule has 1 aromatic rings. The summed E-state index contributed by atoms with van der Waals surface area (Å²) < 4.78 is 0. The van der Waals surface area contributed by atoms with E-state index in [9.17, 15) is 5.21 Å². The van der Waals surface area contributed by atoms with Crippen LogP contribution < -0.4 is 10.6 Å². The molecule has 0 aliphatic carbocycles. The fourth-order valence-electron chi connectivity index (χ4n) is 2.53.